The van der Waals surface area contributed by atoms with Crippen molar-refractivity contribution in [1.82, 2.24) is 5.32 Å². The summed E-state index contributed by atoms with van der Waals surface area (Å²) in [5.41, 5.74) is 0. The predicted molar refractivity (Wildman–Crippen MR) is 187 cm³/mol. The molecular weight excluding hydrogens is 587 g/mol. The molecule has 0 aliphatic heterocycles. The Labute approximate surface area is 276 Å². The van der Waals surface area contributed by atoms with Crippen LogP contribution in [0.3, 0.4) is 0 Å². The molecule has 0 rings (SSSR count). The fourth-order valence-electron chi connectivity index (χ4n) is 4.62. The first-order chi connectivity index (χ1) is 21.5. The van der Waals surface area contributed by atoms with Gasteiger partial charge < -0.3 is 28.8 Å². The van der Waals surface area contributed by atoms with E-state index in [2.05, 4.69) is 43.5 Å². The number of unbranched alkanes of at least 4 members (excludes halogenated alkanes) is 14. The van der Waals surface area contributed by atoms with E-state index in [4.69, 9.17) is 9.05 Å². The molecular formula is C36H69N2O6P. The molecule has 0 heterocycles. The number of hydrogen-bond donors (Lipinski definition) is 2. The van der Waals surface area contributed by atoms with E-state index in [0.717, 1.165) is 57.8 Å². The second-order valence-corrected chi connectivity index (χ2v) is 14.6. The van der Waals surface area contributed by atoms with Gasteiger partial charge in [0.1, 0.15) is 13.2 Å². The summed E-state index contributed by atoms with van der Waals surface area (Å²) in [5, 5.41) is 13.6. The fraction of sp³-hybridized carbons (Fsp3) is 0.806. The van der Waals surface area contributed by atoms with E-state index in [9.17, 15) is 19.4 Å². The number of amides is 1. The van der Waals surface area contributed by atoms with Gasteiger partial charge in [0.25, 0.3) is 7.82 Å². The Kier molecular flexibility index (Phi) is 28.1. The fourth-order valence-corrected chi connectivity index (χ4v) is 5.34. The summed E-state index contributed by atoms with van der Waals surface area (Å²) in [4.78, 5) is 25.0. The number of quaternary nitrogens is 1. The van der Waals surface area contributed by atoms with Crippen LogP contribution in [-0.2, 0) is 18.4 Å². The maximum atomic E-state index is 12.7. The Bertz CT molecular complexity index is 840. The van der Waals surface area contributed by atoms with Crippen LogP contribution in [0.4, 0.5) is 0 Å². The van der Waals surface area contributed by atoms with Crippen molar-refractivity contribution in [2.75, 3.05) is 40.9 Å². The molecule has 0 saturated carbocycles. The van der Waals surface area contributed by atoms with Crippen molar-refractivity contribution >= 4 is 13.7 Å². The van der Waals surface area contributed by atoms with Crippen molar-refractivity contribution in [3.05, 3.63) is 36.5 Å². The molecule has 0 bridgehead atoms. The Morgan fingerprint density at radius 2 is 1.27 bits per heavy atom. The lowest BCUT2D eigenvalue weighted by Crippen LogP contribution is -2.45. The quantitative estimate of drug-likeness (QED) is 0.0337. The van der Waals surface area contributed by atoms with Crippen molar-refractivity contribution in [1.29, 1.82) is 0 Å². The molecule has 0 aliphatic carbocycles. The molecule has 1 amide bonds. The van der Waals surface area contributed by atoms with E-state index >= 15 is 0 Å². The third kappa shape index (κ3) is 31.1. The minimum absolute atomic E-state index is 0.00916. The van der Waals surface area contributed by atoms with Crippen molar-refractivity contribution in [3.8, 4) is 0 Å². The van der Waals surface area contributed by atoms with Gasteiger partial charge in [-0.2, -0.15) is 0 Å². The summed E-state index contributed by atoms with van der Waals surface area (Å²) < 4.78 is 23.0. The summed E-state index contributed by atoms with van der Waals surface area (Å²) >= 11 is 0. The molecule has 3 unspecified atom stereocenters. The maximum Gasteiger partial charge on any atom is 0.268 e. The summed E-state index contributed by atoms with van der Waals surface area (Å²) in [6.45, 7) is 4.52. The lowest BCUT2D eigenvalue weighted by molar-refractivity contribution is -0.870. The third-order valence-corrected chi connectivity index (χ3v) is 8.54. The predicted octanol–water partition coefficient (Wildman–Crippen LogP) is 8.16. The lowest BCUT2D eigenvalue weighted by atomic mass is 10.1. The Morgan fingerprint density at radius 3 is 1.87 bits per heavy atom. The molecule has 0 saturated heterocycles. The first-order valence-electron chi connectivity index (χ1n) is 17.9. The molecule has 264 valence electrons. The minimum Gasteiger partial charge on any atom is -0.756 e. The van der Waals surface area contributed by atoms with Gasteiger partial charge in [0.15, 0.2) is 0 Å². The average Bonchev–Trinajstić information content (AvgIpc) is 2.97. The number of rotatable bonds is 31. The number of aliphatic hydroxyl groups is 1. The first-order valence-corrected chi connectivity index (χ1v) is 19.3. The zero-order chi connectivity index (χ0) is 33.7. The number of nitrogens with one attached hydrogen (secondary N) is 1. The van der Waals surface area contributed by atoms with Gasteiger partial charge in [-0.3, -0.25) is 9.36 Å². The van der Waals surface area contributed by atoms with Gasteiger partial charge in [-0.25, -0.2) is 0 Å². The maximum absolute atomic E-state index is 12.7. The molecule has 0 aromatic rings. The van der Waals surface area contributed by atoms with E-state index in [1.807, 2.05) is 27.2 Å². The number of allylic oxidation sites excluding steroid dienone is 5. The monoisotopic (exact) mass is 656 g/mol. The number of carbonyl (C=O) groups is 1. The van der Waals surface area contributed by atoms with Crippen molar-refractivity contribution in [2.45, 2.75) is 148 Å². The van der Waals surface area contributed by atoms with Crippen molar-refractivity contribution in [2.24, 2.45) is 0 Å². The number of likely N-dealkylation sites (N-methyl/N-ethyl adjacent to an activating group) is 1. The number of phosphoric acid groups is 1. The van der Waals surface area contributed by atoms with E-state index in [-0.39, 0.29) is 12.5 Å². The lowest BCUT2D eigenvalue weighted by Gasteiger charge is -2.29. The Balaban J connectivity index is 4.68. The van der Waals surface area contributed by atoms with Crippen molar-refractivity contribution < 1.29 is 32.9 Å². The Morgan fingerprint density at radius 1 is 0.756 bits per heavy atom. The Hall–Kier alpha value is -1.28. The highest BCUT2D eigenvalue weighted by molar-refractivity contribution is 7.45. The molecule has 2 N–H and O–H groups in total. The summed E-state index contributed by atoms with van der Waals surface area (Å²) in [6, 6.07) is -0.904. The summed E-state index contributed by atoms with van der Waals surface area (Å²) in [6.07, 6.45) is 31.9. The van der Waals surface area contributed by atoms with E-state index in [0.29, 0.717) is 17.4 Å². The standard InChI is InChI=1S/C36H69N2O6P/c1-6-8-10-12-14-16-18-19-20-21-23-25-27-29-35(39)34(33-44-45(41,42)43-32-31-38(3,4)5)37-36(40)30-28-26-24-22-17-15-13-11-9-7-2/h13,15,20-21,27,29,34-35,39H,6-12,14,16-19,22-26,28,30-33H2,1-5H3,(H-,37,40,41,42)/b15-13-,21-20+,29-27+. The number of hydrogen-bond acceptors (Lipinski definition) is 6. The number of aliphatic hydroxyl groups excluding tert-OH is 1. The molecule has 0 aromatic carbocycles. The highest BCUT2D eigenvalue weighted by Crippen LogP contribution is 2.38. The first kappa shape index (κ1) is 43.7. The van der Waals surface area contributed by atoms with Gasteiger partial charge in [0.05, 0.1) is 39.9 Å². The molecule has 0 spiro atoms. The van der Waals surface area contributed by atoms with Crippen LogP contribution in [0.5, 0.6) is 0 Å². The normalized spacial score (nSPS) is 15.3. The van der Waals surface area contributed by atoms with Crippen molar-refractivity contribution in [3.63, 3.8) is 0 Å². The molecule has 8 nitrogen and oxygen atoms in total. The van der Waals surface area contributed by atoms with Crippen LogP contribution in [0.25, 0.3) is 0 Å². The van der Waals surface area contributed by atoms with Gasteiger partial charge in [-0.05, 0) is 51.4 Å². The second-order valence-electron chi connectivity index (χ2n) is 13.2. The number of phosphoric ester groups is 1. The number of nitrogens with zero attached hydrogens (tertiary/aromatic N) is 1. The second kappa shape index (κ2) is 28.9. The zero-order valence-corrected chi connectivity index (χ0v) is 30.5. The zero-order valence-electron chi connectivity index (χ0n) is 29.6. The highest BCUT2D eigenvalue weighted by Gasteiger charge is 2.23. The van der Waals surface area contributed by atoms with Crippen LogP contribution >= 0.6 is 7.82 Å². The molecule has 0 aliphatic rings. The minimum atomic E-state index is -4.58. The van der Waals surface area contributed by atoms with Gasteiger partial charge in [-0.1, -0.05) is 115 Å². The SMILES string of the molecule is CCCC/C=C\CCCCCCC(=O)NC(COP(=O)([O-])OCC[N+](C)(C)C)C(O)/C=C/CC/C=C/CCCCCCCCC. The van der Waals surface area contributed by atoms with E-state index < -0.39 is 26.6 Å². The largest absolute Gasteiger partial charge is 0.756 e. The smallest absolute Gasteiger partial charge is 0.268 e. The van der Waals surface area contributed by atoms with Gasteiger partial charge in [0.2, 0.25) is 5.91 Å². The molecule has 9 heteroatoms. The van der Waals surface area contributed by atoms with Crippen LogP contribution in [0, 0.1) is 0 Å². The van der Waals surface area contributed by atoms with Gasteiger partial charge in [0, 0.05) is 6.42 Å². The molecule has 45 heavy (non-hydrogen) atoms. The molecule has 0 fully saturated rings. The average molecular weight is 657 g/mol. The van der Waals surface area contributed by atoms with E-state index in [1.165, 1.54) is 57.8 Å². The van der Waals surface area contributed by atoms with Crippen LogP contribution in [0.15, 0.2) is 36.5 Å². The van der Waals surface area contributed by atoms with Gasteiger partial charge >= 0.3 is 0 Å². The molecule has 0 aromatic heterocycles. The van der Waals surface area contributed by atoms with Crippen LogP contribution in [0.1, 0.15) is 136 Å². The number of carbonyl (C=O) groups excluding carboxylic acids is 1. The molecule has 3 atom stereocenters. The van der Waals surface area contributed by atoms with Crippen LogP contribution in [-0.4, -0.2) is 68.5 Å². The summed E-state index contributed by atoms with van der Waals surface area (Å²) in [5.74, 6) is -0.226. The van der Waals surface area contributed by atoms with Crippen LogP contribution in [0.2, 0.25) is 0 Å². The van der Waals surface area contributed by atoms with Gasteiger partial charge in [-0.15, -0.1) is 0 Å². The van der Waals surface area contributed by atoms with E-state index in [1.54, 1.807) is 6.08 Å². The molecule has 0 radical (unpaired) electrons. The summed E-state index contributed by atoms with van der Waals surface area (Å²) in [7, 11) is 1.23. The highest BCUT2D eigenvalue weighted by atomic mass is 31.2. The van der Waals surface area contributed by atoms with Crippen LogP contribution < -0.4 is 10.2 Å². The third-order valence-electron chi connectivity index (χ3n) is 7.57. The topological polar surface area (TPSA) is 108 Å².